The van der Waals surface area contributed by atoms with E-state index < -0.39 is 24.1 Å². The lowest BCUT2D eigenvalue weighted by molar-refractivity contribution is -0.140. The molecule has 4 heteroatoms. The van der Waals surface area contributed by atoms with E-state index >= 15 is 0 Å². The summed E-state index contributed by atoms with van der Waals surface area (Å²) >= 11 is 0. The Bertz CT molecular complexity index is 168. The maximum absolute atomic E-state index is 11.9. The minimum atomic E-state index is -1.02. The fraction of sp³-hybridized carbons (Fsp3) is 0.857. The highest BCUT2D eigenvalue weighted by Crippen LogP contribution is 2.51. The van der Waals surface area contributed by atoms with Crippen LogP contribution in [0.15, 0.2) is 0 Å². The van der Waals surface area contributed by atoms with Crippen molar-refractivity contribution < 1.29 is 14.3 Å². The molecular weight excluding hydrogens is 149 g/mol. The van der Waals surface area contributed by atoms with Crippen molar-refractivity contribution in [2.24, 2.45) is 11.1 Å². The van der Waals surface area contributed by atoms with E-state index in [2.05, 4.69) is 0 Å². The van der Waals surface area contributed by atoms with Crippen molar-refractivity contribution in [3.05, 3.63) is 0 Å². The topological polar surface area (TPSA) is 63.3 Å². The molecule has 1 fully saturated rings. The molecule has 0 radical (unpaired) electrons. The summed E-state index contributed by atoms with van der Waals surface area (Å²) in [5, 5.41) is 8.54. The Labute approximate surface area is 64.4 Å². The first-order valence-corrected chi connectivity index (χ1v) is 3.67. The second-order valence-corrected chi connectivity index (χ2v) is 3.12. The number of carboxylic acids is 1. The van der Waals surface area contributed by atoms with E-state index in [1.54, 1.807) is 0 Å². The molecule has 11 heavy (non-hydrogen) atoms. The van der Waals surface area contributed by atoms with Crippen LogP contribution in [0, 0.1) is 5.41 Å². The average Bonchev–Trinajstić information content (AvgIpc) is 2.69. The molecule has 0 aromatic carbocycles. The normalized spacial score (nSPS) is 22.7. The predicted octanol–water partition coefficient (Wildman–Crippen LogP) is 0.538. The van der Waals surface area contributed by atoms with Crippen molar-refractivity contribution >= 4 is 5.97 Å². The largest absolute Gasteiger partial charge is 0.480 e. The van der Waals surface area contributed by atoms with Gasteiger partial charge in [0.25, 0.3) is 0 Å². The second-order valence-electron chi connectivity index (χ2n) is 3.12. The number of rotatable bonds is 4. The highest BCUT2D eigenvalue weighted by molar-refractivity contribution is 5.75. The first kappa shape index (κ1) is 8.46. The molecule has 1 atom stereocenters. The van der Waals surface area contributed by atoms with Crippen LogP contribution in [0.4, 0.5) is 4.39 Å². The SMILES string of the molecule is NC(C(=O)O)C1(CCF)CC1. The fourth-order valence-electron chi connectivity index (χ4n) is 1.33. The lowest BCUT2D eigenvalue weighted by atomic mass is 9.94. The van der Waals surface area contributed by atoms with Crippen molar-refractivity contribution in [3.8, 4) is 0 Å². The molecule has 0 saturated heterocycles. The zero-order chi connectivity index (χ0) is 8.48. The second kappa shape index (κ2) is 2.77. The monoisotopic (exact) mass is 161 g/mol. The molecule has 3 N–H and O–H groups in total. The van der Waals surface area contributed by atoms with Gasteiger partial charge in [0.2, 0.25) is 0 Å². The molecule has 0 spiro atoms. The molecule has 1 unspecified atom stereocenters. The molecule has 1 aliphatic carbocycles. The first-order valence-electron chi connectivity index (χ1n) is 3.67. The van der Waals surface area contributed by atoms with Crippen molar-refractivity contribution in [2.45, 2.75) is 25.3 Å². The molecular formula is C7H12FNO2. The van der Waals surface area contributed by atoms with Crippen LogP contribution in [0.25, 0.3) is 0 Å². The van der Waals surface area contributed by atoms with Gasteiger partial charge in [-0.05, 0) is 24.7 Å². The summed E-state index contributed by atoms with van der Waals surface area (Å²) in [6.07, 6.45) is 1.80. The van der Waals surface area contributed by atoms with Crippen LogP contribution >= 0.6 is 0 Å². The number of nitrogens with two attached hydrogens (primary N) is 1. The molecule has 0 heterocycles. The highest BCUT2D eigenvalue weighted by Gasteiger charge is 2.50. The number of alkyl halides is 1. The van der Waals surface area contributed by atoms with E-state index in [0.29, 0.717) is 6.42 Å². The fourth-order valence-corrected chi connectivity index (χ4v) is 1.33. The van der Waals surface area contributed by atoms with Gasteiger partial charge >= 0.3 is 5.97 Å². The Morgan fingerprint density at radius 1 is 1.73 bits per heavy atom. The van der Waals surface area contributed by atoms with Crippen LogP contribution < -0.4 is 5.73 Å². The summed E-state index contributed by atoms with van der Waals surface area (Å²) in [7, 11) is 0. The number of carboxylic acid groups (broad SMARTS) is 1. The Balaban J connectivity index is 2.50. The average molecular weight is 161 g/mol. The van der Waals surface area contributed by atoms with Crippen molar-refractivity contribution in [2.75, 3.05) is 6.67 Å². The molecule has 0 bridgehead atoms. The van der Waals surface area contributed by atoms with E-state index in [4.69, 9.17) is 10.8 Å². The van der Waals surface area contributed by atoms with E-state index in [1.807, 2.05) is 0 Å². The molecule has 3 nitrogen and oxygen atoms in total. The summed E-state index contributed by atoms with van der Waals surface area (Å²) in [4.78, 5) is 10.4. The number of hydrogen-bond donors (Lipinski definition) is 2. The quantitative estimate of drug-likeness (QED) is 0.632. The number of hydrogen-bond acceptors (Lipinski definition) is 2. The zero-order valence-electron chi connectivity index (χ0n) is 6.22. The van der Waals surface area contributed by atoms with Crippen molar-refractivity contribution in [1.82, 2.24) is 0 Å². The van der Waals surface area contributed by atoms with Gasteiger partial charge in [0.1, 0.15) is 6.04 Å². The van der Waals surface area contributed by atoms with E-state index in [1.165, 1.54) is 0 Å². The van der Waals surface area contributed by atoms with Gasteiger partial charge < -0.3 is 10.8 Å². The summed E-state index contributed by atoms with van der Waals surface area (Å²) in [6.45, 7) is -0.471. The molecule has 0 aromatic heterocycles. The van der Waals surface area contributed by atoms with Gasteiger partial charge in [-0.2, -0.15) is 0 Å². The molecule has 1 saturated carbocycles. The highest BCUT2D eigenvalue weighted by atomic mass is 19.1. The summed E-state index contributed by atoms with van der Waals surface area (Å²) in [5.74, 6) is -1.02. The van der Waals surface area contributed by atoms with Gasteiger partial charge in [-0.1, -0.05) is 0 Å². The van der Waals surface area contributed by atoms with E-state index in [-0.39, 0.29) is 0 Å². The Hall–Kier alpha value is -0.640. The lowest BCUT2D eigenvalue weighted by Crippen LogP contribution is -2.39. The third kappa shape index (κ3) is 1.50. The minimum absolute atomic E-state index is 0.292. The van der Waals surface area contributed by atoms with Gasteiger partial charge in [-0.25, -0.2) is 0 Å². The number of halogens is 1. The van der Waals surface area contributed by atoms with Crippen LogP contribution in [-0.2, 0) is 4.79 Å². The lowest BCUT2D eigenvalue weighted by Gasteiger charge is -2.17. The van der Waals surface area contributed by atoms with Crippen LogP contribution in [-0.4, -0.2) is 23.8 Å². The van der Waals surface area contributed by atoms with Gasteiger partial charge in [0.05, 0.1) is 6.67 Å². The van der Waals surface area contributed by atoms with E-state index in [9.17, 15) is 9.18 Å². The molecule has 0 aliphatic heterocycles. The first-order chi connectivity index (χ1) is 5.12. The zero-order valence-corrected chi connectivity index (χ0v) is 6.22. The van der Waals surface area contributed by atoms with Crippen LogP contribution in [0.5, 0.6) is 0 Å². The summed E-state index contributed by atoms with van der Waals surface area (Å²) in [5.41, 5.74) is 4.96. The Morgan fingerprint density at radius 3 is 2.55 bits per heavy atom. The molecule has 64 valence electrons. The molecule has 1 aliphatic rings. The Morgan fingerprint density at radius 2 is 2.27 bits per heavy atom. The van der Waals surface area contributed by atoms with E-state index in [0.717, 1.165) is 12.8 Å². The predicted molar refractivity (Wildman–Crippen MR) is 37.9 cm³/mol. The summed E-state index contributed by atoms with van der Waals surface area (Å²) in [6, 6.07) is -0.877. The van der Waals surface area contributed by atoms with Crippen molar-refractivity contribution in [3.63, 3.8) is 0 Å². The Kier molecular flexibility index (Phi) is 2.13. The minimum Gasteiger partial charge on any atom is -0.480 e. The van der Waals surface area contributed by atoms with Crippen molar-refractivity contribution in [1.29, 1.82) is 0 Å². The smallest absolute Gasteiger partial charge is 0.321 e. The van der Waals surface area contributed by atoms with Crippen LogP contribution in [0.2, 0.25) is 0 Å². The van der Waals surface area contributed by atoms with Gasteiger partial charge in [-0.15, -0.1) is 0 Å². The van der Waals surface area contributed by atoms with Crippen LogP contribution in [0.1, 0.15) is 19.3 Å². The number of carbonyl (C=O) groups is 1. The van der Waals surface area contributed by atoms with Gasteiger partial charge in [-0.3, -0.25) is 9.18 Å². The third-order valence-electron chi connectivity index (χ3n) is 2.41. The third-order valence-corrected chi connectivity index (χ3v) is 2.41. The maximum atomic E-state index is 11.9. The maximum Gasteiger partial charge on any atom is 0.321 e. The van der Waals surface area contributed by atoms with Gasteiger partial charge in [0.15, 0.2) is 0 Å². The standard InChI is InChI=1S/C7H12FNO2/c8-4-3-7(1-2-7)5(9)6(10)11/h5H,1-4,9H2,(H,10,11). The molecule has 0 amide bonds. The number of aliphatic carboxylic acids is 1. The van der Waals surface area contributed by atoms with Gasteiger partial charge in [0, 0.05) is 0 Å². The molecule has 1 rings (SSSR count). The van der Waals surface area contributed by atoms with Crippen LogP contribution in [0.3, 0.4) is 0 Å². The summed E-state index contributed by atoms with van der Waals surface area (Å²) < 4.78 is 11.9. The molecule has 0 aromatic rings.